The average Bonchev–Trinajstić information content (AvgIpc) is 2.95. The van der Waals surface area contributed by atoms with Crippen LogP contribution in [0.1, 0.15) is 27.2 Å². The molecular formula is C25H40NO13S2-. The van der Waals surface area contributed by atoms with Gasteiger partial charge in [-0.15, -0.1) is 0 Å². The van der Waals surface area contributed by atoms with Crippen LogP contribution in [0, 0.1) is 5.41 Å². The molecule has 0 saturated heterocycles. The topological polar surface area (TPSA) is 192 Å². The average molecular weight is 627 g/mol. The van der Waals surface area contributed by atoms with Gasteiger partial charge >= 0.3 is 23.9 Å². The highest BCUT2D eigenvalue weighted by atomic mass is 32.2. The molecule has 0 amide bonds. The zero-order valence-corrected chi connectivity index (χ0v) is 25.3. The van der Waals surface area contributed by atoms with Crippen molar-refractivity contribution >= 4 is 44.8 Å². The minimum Gasteiger partial charge on any atom is -0.772 e. The quantitative estimate of drug-likeness (QED) is 0.0634. The normalized spacial score (nSPS) is 13.1. The number of sulfone groups is 1. The van der Waals surface area contributed by atoms with Crippen molar-refractivity contribution < 1.29 is 60.0 Å². The predicted molar refractivity (Wildman–Crippen MR) is 147 cm³/mol. The van der Waals surface area contributed by atoms with Crippen LogP contribution >= 0.6 is 0 Å². The molecule has 0 aromatic heterocycles. The molecule has 0 aliphatic heterocycles. The lowest BCUT2D eigenvalue weighted by Crippen LogP contribution is -2.46. The van der Waals surface area contributed by atoms with Crippen molar-refractivity contribution in [1.29, 1.82) is 0 Å². The van der Waals surface area contributed by atoms with Crippen molar-refractivity contribution in [3.63, 3.8) is 0 Å². The summed E-state index contributed by atoms with van der Waals surface area (Å²) in [6, 6.07) is 0. The van der Waals surface area contributed by atoms with Crippen LogP contribution in [0.4, 0.5) is 0 Å². The molecule has 0 spiro atoms. The lowest BCUT2D eigenvalue weighted by atomic mass is 9.92. The second-order valence-electron chi connectivity index (χ2n) is 8.69. The predicted octanol–water partition coefficient (Wildman–Crippen LogP) is -0.0515. The van der Waals surface area contributed by atoms with Gasteiger partial charge in [-0.3, -0.25) is 13.8 Å². The van der Waals surface area contributed by atoms with E-state index in [1.54, 1.807) is 6.92 Å². The van der Waals surface area contributed by atoms with Gasteiger partial charge in [-0.25, -0.2) is 18.0 Å². The third-order valence-corrected chi connectivity index (χ3v) is 8.15. The molecule has 0 aliphatic carbocycles. The molecule has 0 bridgehead atoms. The van der Waals surface area contributed by atoms with E-state index in [0.717, 1.165) is 12.2 Å². The van der Waals surface area contributed by atoms with E-state index >= 15 is 0 Å². The minimum absolute atomic E-state index is 0.123. The first kappa shape index (κ1) is 38.3. The molecule has 0 rings (SSSR count). The number of carbonyl (C=O) groups is 4. The molecule has 0 heterocycles. The fourth-order valence-electron chi connectivity index (χ4n) is 3.09. The summed E-state index contributed by atoms with van der Waals surface area (Å²) in [4.78, 5) is 50.7. The van der Waals surface area contributed by atoms with Crippen LogP contribution in [0.25, 0.3) is 0 Å². The van der Waals surface area contributed by atoms with E-state index in [1.165, 1.54) is 0 Å². The highest BCUT2D eigenvalue weighted by Crippen LogP contribution is 2.23. The van der Waals surface area contributed by atoms with Gasteiger partial charge in [0.2, 0.25) is 0 Å². The monoisotopic (exact) mass is 626 g/mol. The Balaban J connectivity index is 6.07. The lowest BCUT2D eigenvalue weighted by molar-refractivity contribution is -0.167. The Kier molecular flexibility index (Phi) is 18.9. The van der Waals surface area contributed by atoms with Gasteiger partial charge in [-0.2, -0.15) is 0 Å². The number of hydrogen-bond acceptors (Lipinski definition) is 14. The van der Waals surface area contributed by atoms with Crippen LogP contribution in [0.15, 0.2) is 25.3 Å². The Morgan fingerprint density at radius 3 is 1.90 bits per heavy atom. The largest absolute Gasteiger partial charge is 0.772 e. The van der Waals surface area contributed by atoms with Crippen LogP contribution in [-0.2, 0) is 63.8 Å². The maximum absolute atomic E-state index is 13.1. The van der Waals surface area contributed by atoms with Crippen molar-refractivity contribution in [3.05, 3.63) is 25.3 Å². The van der Waals surface area contributed by atoms with Gasteiger partial charge in [0, 0.05) is 31.1 Å². The molecule has 0 radical (unpaired) electrons. The highest BCUT2D eigenvalue weighted by molar-refractivity contribution is 7.92. The summed E-state index contributed by atoms with van der Waals surface area (Å²) < 4.78 is 73.6. The first-order chi connectivity index (χ1) is 19.3. The standard InChI is InChI=1S/C25H41NO13S2/c1-6-21(27)36-16-25(17-37-22(28)7-2,18-38-23(29)11-13-40(31)32)19-39-24(30)20(15-35-10-5)41(33,34)14-12-26(8-3)9-4/h6-7,20H,1-2,8-19H2,3-5H3,(H,31,32)/p-1. The fraction of sp³-hybridized carbons (Fsp3) is 0.680. The maximum Gasteiger partial charge on any atom is 0.330 e. The van der Waals surface area contributed by atoms with Gasteiger partial charge in [0.15, 0.2) is 15.1 Å². The fourth-order valence-corrected chi connectivity index (χ4v) is 4.88. The number of esters is 4. The minimum atomic E-state index is -4.06. The molecule has 2 unspecified atom stereocenters. The summed E-state index contributed by atoms with van der Waals surface area (Å²) in [5.74, 6) is -4.82. The third kappa shape index (κ3) is 15.8. The number of rotatable bonds is 23. The van der Waals surface area contributed by atoms with E-state index in [-0.39, 0.29) is 18.9 Å². The smallest absolute Gasteiger partial charge is 0.330 e. The first-order valence-electron chi connectivity index (χ1n) is 12.8. The number of nitrogens with zero attached hydrogens (tertiary/aromatic N) is 1. The third-order valence-electron chi connectivity index (χ3n) is 5.66. The Labute approximate surface area is 243 Å². The molecule has 236 valence electrons. The molecule has 0 aromatic rings. The van der Waals surface area contributed by atoms with Crippen molar-refractivity contribution in [2.75, 3.05) is 70.8 Å². The van der Waals surface area contributed by atoms with E-state index < -0.39 is 101 Å². The van der Waals surface area contributed by atoms with E-state index in [0.29, 0.717) is 13.1 Å². The Bertz CT molecular complexity index is 985. The summed E-state index contributed by atoms with van der Waals surface area (Å²) in [6.07, 6.45) is 1.16. The summed E-state index contributed by atoms with van der Waals surface area (Å²) in [7, 11) is -4.06. The van der Waals surface area contributed by atoms with Gasteiger partial charge in [0.25, 0.3) is 0 Å². The number of hydrogen-bond donors (Lipinski definition) is 0. The Morgan fingerprint density at radius 2 is 1.44 bits per heavy atom. The second-order valence-corrected chi connectivity index (χ2v) is 12.0. The van der Waals surface area contributed by atoms with Crippen LogP contribution in [-0.4, -0.2) is 122 Å². The zero-order chi connectivity index (χ0) is 31.5. The van der Waals surface area contributed by atoms with Crippen molar-refractivity contribution in [3.8, 4) is 0 Å². The van der Waals surface area contributed by atoms with E-state index in [2.05, 4.69) is 13.2 Å². The molecule has 0 fully saturated rings. The van der Waals surface area contributed by atoms with E-state index in [1.807, 2.05) is 18.7 Å². The second kappa shape index (κ2) is 20.3. The lowest BCUT2D eigenvalue weighted by Gasteiger charge is -2.32. The van der Waals surface area contributed by atoms with Crippen LogP contribution < -0.4 is 0 Å². The van der Waals surface area contributed by atoms with Gasteiger partial charge in [0.1, 0.15) is 31.8 Å². The number of ether oxygens (including phenoxy) is 5. The van der Waals surface area contributed by atoms with Gasteiger partial charge in [-0.05, 0) is 20.0 Å². The van der Waals surface area contributed by atoms with Crippen LogP contribution in [0.5, 0.6) is 0 Å². The molecule has 0 aromatic carbocycles. The summed E-state index contributed by atoms with van der Waals surface area (Å²) in [5.41, 5.74) is -1.71. The molecular weight excluding hydrogens is 586 g/mol. The SMILES string of the molecule is C=CC(=O)OCC(COC(=O)C=C)(COC(=O)CCS(=O)[O-])COC(=O)C(COCC)S(=O)(=O)CCN(CC)CC. The van der Waals surface area contributed by atoms with Crippen LogP contribution in [0.2, 0.25) is 0 Å². The van der Waals surface area contributed by atoms with Gasteiger partial charge in [-0.1, -0.05) is 38.1 Å². The molecule has 41 heavy (non-hydrogen) atoms. The molecule has 0 saturated carbocycles. The summed E-state index contributed by atoms with van der Waals surface area (Å²) in [5, 5.41) is -1.70. The molecule has 2 atom stereocenters. The maximum atomic E-state index is 13.1. The molecule has 0 N–H and O–H groups in total. The van der Waals surface area contributed by atoms with Crippen molar-refractivity contribution in [2.24, 2.45) is 5.41 Å². The van der Waals surface area contributed by atoms with Crippen molar-refractivity contribution in [1.82, 2.24) is 4.90 Å². The van der Waals surface area contributed by atoms with E-state index in [9.17, 15) is 36.4 Å². The molecule has 14 nitrogen and oxygen atoms in total. The van der Waals surface area contributed by atoms with Gasteiger partial charge < -0.3 is 33.1 Å². The molecule has 16 heteroatoms. The summed E-state index contributed by atoms with van der Waals surface area (Å²) in [6.45, 7) is 10.3. The summed E-state index contributed by atoms with van der Waals surface area (Å²) >= 11 is -2.52. The first-order valence-corrected chi connectivity index (χ1v) is 15.7. The Morgan fingerprint density at radius 1 is 0.927 bits per heavy atom. The Hall–Kier alpha value is -2.66. The van der Waals surface area contributed by atoms with E-state index in [4.69, 9.17) is 23.7 Å². The van der Waals surface area contributed by atoms with Gasteiger partial charge in [0.05, 0.1) is 18.8 Å². The van der Waals surface area contributed by atoms with Crippen molar-refractivity contribution in [2.45, 2.75) is 32.4 Å². The van der Waals surface area contributed by atoms with Crippen LogP contribution in [0.3, 0.4) is 0 Å². The zero-order valence-electron chi connectivity index (χ0n) is 23.7. The highest BCUT2D eigenvalue weighted by Gasteiger charge is 2.40. The number of carbonyl (C=O) groups excluding carboxylic acids is 4. The molecule has 0 aliphatic rings.